The summed E-state index contributed by atoms with van der Waals surface area (Å²) in [5.74, 6) is 2.37. The van der Waals surface area contributed by atoms with Crippen molar-refractivity contribution in [1.82, 2.24) is 20.3 Å². The Hall–Kier alpha value is -3.29. The number of methoxy groups -OCH3 is 1. The van der Waals surface area contributed by atoms with E-state index in [9.17, 15) is 0 Å². The van der Waals surface area contributed by atoms with Gasteiger partial charge < -0.3 is 15.4 Å². The monoisotopic (exact) mass is 403 g/mol. The van der Waals surface area contributed by atoms with Gasteiger partial charge in [0.2, 0.25) is 0 Å². The van der Waals surface area contributed by atoms with Gasteiger partial charge in [-0.2, -0.15) is 0 Å². The fourth-order valence-electron chi connectivity index (χ4n) is 2.84. The van der Waals surface area contributed by atoms with Gasteiger partial charge in [0.15, 0.2) is 0 Å². The highest BCUT2D eigenvalue weighted by Crippen LogP contribution is 2.22. The van der Waals surface area contributed by atoms with E-state index in [4.69, 9.17) is 4.74 Å². The smallest absolute Gasteiger partial charge is 0.141 e. The van der Waals surface area contributed by atoms with E-state index in [1.165, 1.54) is 5.56 Å². The summed E-state index contributed by atoms with van der Waals surface area (Å²) in [5, 5.41) is 9.52. The molecule has 0 aliphatic heterocycles. The van der Waals surface area contributed by atoms with Crippen molar-refractivity contribution < 1.29 is 4.74 Å². The van der Waals surface area contributed by atoms with Crippen molar-refractivity contribution >= 4 is 23.0 Å². The van der Waals surface area contributed by atoms with Crippen molar-refractivity contribution in [3.05, 3.63) is 83.5 Å². The maximum atomic E-state index is 5.26. The molecule has 0 fully saturated rings. The number of pyridine rings is 2. The maximum Gasteiger partial charge on any atom is 0.141 e. The molecule has 0 radical (unpaired) electrons. The molecule has 0 atom stereocenters. The third-order valence-corrected chi connectivity index (χ3v) is 5.07. The van der Waals surface area contributed by atoms with Gasteiger partial charge in [-0.3, -0.25) is 0 Å². The molecule has 0 aliphatic carbocycles. The van der Waals surface area contributed by atoms with Crippen molar-refractivity contribution in [2.75, 3.05) is 12.4 Å². The summed E-state index contributed by atoms with van der Waals surface area (Å²) in [6.45, 7) is 1.51. The number of hydrogen-bond donors (Lipinski definition) is 2. The lowest BCUT2D eigenvalue weighted by Crippen LogP contribution is -2.13. The van der Waals surface area contributed by atoms with Crippen LogP contribution in [-0.4, -0.2) is 22.1 Å². The van der Waals surface area contributed by atoms with E-state index in [-0.39, 0.29) is 0 Å². The number of nitrogens with one attached hydrogen (secondary N) is 2. The Bertz CT molecular complexity index is 1050. The van der Waals surface area contributed by atoms with Crippen LogP contribution < -0.4 is 15.4 Å². The van der Waals surface area contributed by atoms with Crippen molar-refractivity contribution in [2.45, 2.75) is 13.1 Å². The molecule has 0 amide bonds. The van der Waals surface area contributed by atoms with Gasteiger partial charge >= 0.3 is 0 Å². The van der Waals surface area contributed by atoms with Gasteiger partial charge in [-0.25, -0.2) is 15.0 Å². The first-order valence-electron chi connectivity index (χ1n) is 9.23. The first kappa shape index (κ1) is 19.0. The third-order valence-electron chi connectivity index (χ3n) is 4.27. The van der Waals surface area contributed by atoms with Crippen LogP contribution in [0.2, 0.25) is 0 Å². The van der Waals surface area contributed by atoms with Crippen LogP contribution >= 0.6 is 11.3 Å². The Morgan fingerprint density at radius 3 is 2.62 bits per heavy atom. The molecule has 7 heteroatoms. The van der Waals surface area contributed by atoms with Crippen LogP contribution in [-0.2, 0) is 13.1 Å². The maximum absolute atomic E-state index is 5.26. The Balaban J connectivity index is 1.33. The Morgan fingerprint density at radius 1 is 0.931 bits per heavy atom. The van der Waals surface area contributed by atoms with E-state index in [2.05, 4.69) is 37.7 Å². The summed E-state index contributed by atoms with van der Waals surface area (Å²) in [6, 6.07) is 17.9. The number of nitrogens with zero attached hydrogens (tertiary/aromatic N) is 3. The topological polar surface area (TPSA) is 72.0 Å². The summed E-state index contributed by atoms with van der Waals surface area (Å²) >= 11 is 1.57. The molecule has 0 aliphatic rings. The number of hydrogen-bond acceptors (Lipinski definition) is 7. The first-order valence-corrected chi connectivity index (χ1v) is 10.1. The van der Waals surface area contributed by atoms with E-state index in [1.807, 2.05) is 54.0 Å². The zero-order valence-electron chi connectivity index (χ0n) is 16.0. The van der Waals surface area contributed by atoms with Crippen LogP contribution in [0.3, 0.4) is 0 Å². The summed E-state index contributed by atoms with van der Waals surface area (Å²) in [4.78, 5) is 13.4. The Kier molecular flexibility index (Phi) is 6.09. The number of thiazole rings is 1. The molecule has 3 heterocycles. The summed E-state index contributed by atoms with van der Waals surface area (Å²) in [6.07, 6.45) is 3.65. The van der Waals surface area contributed by atoms with Gasteiger partial charge in [-0.15, -0.1) is 11.3 Å². The van der Waals surface area contributed by atoms with Crippen molar-refractivity contribution in [3.8, 4) is 16.5 Å². The fraction of sp³-hybridized carbons (Fsp3) is 0.136. The largest absolute Gasteiger partial charge is 0.497 e. The van der Waals surface area contributed by atoms with Crippen LogP contribution in [0.25, 0.3) is 10.7 Å². The molecule has 0 spiro atoms. The molecule has 6 nitrogen and oxygen atoms in total. The van der Waals surface area contributed by atoms with Gasteiger partial charge in [-0.05, 0) is 41.5 Å². The van der Waals surface area contributed by atoms with Gasteiger partial charge in [0.25, 0.3) is 0 Å². The highest BCUT2D eigenvalue weighted by atomic mass is 32.1. The second-order valence-corrected chi connectivity index (χ2v) is 7.27. The second kappa shape index (κ2) is 9.27. The van der Waals surface area contributed by atoms with Crippen LogP contribution in [0.4, 0.5) is 11.6 Å². The van der Waals surface area contributed by atoms with E-state index in [0.29, 0.717) is 0 Å². The van der Waals surface area contributed by atoms with Gasteiger partial charge in [0.05, 0.1) is 7.11 Å². The molecule has 0 saturated heterocycles. The minimum Gasteiger partial charge on any atom is -0.497 e. The van der Waals surface area contributed by atoms with Crippen molar-refractivity contribution in [1.29, 1.82) is 0 Å². The van der Waals surface area contributed by atoms with Crippen molar-refractivity contribution in [3.63, 3.8) is 0 Å². The quantitative estimate of drug-likeness (QED) is 0.446. The lowest BCUT2D eigenvalue weighted by Gasteiger charge is -2.08. The van der Waals surface area contributed by atoms with Crippen molar-refractivity contribution in [2.24, 2.45) is 0 Å². The molecule has 0 saturated carbocycles. The number of rotatable bonds is 8. The normalized spacial score (nSPS) is 10.7. The lowest BCUT2D eigenvalue weighted by atomic mass is 10.2. The molecular weight excluding hydrogens is 382 g/mol. The highest BCUT2D eigenvalue weighted by Gasteiger charge is 2.04. The van der Waals surface area contributed by atoms with Gasteiger partial charge in [0.1, 0.15) is 28.1 Å². The van der Waals surface area contributed by atoms with Crippen LogP contribution in [0, 0.1) is 0 Å². The number of anilines is 2. The summed E-state index contributed by atoms with van der Waals surface area (Å²) in [5.41, 5.74) is 3.15. The molecule has 29 heavy (non-hydrogen) atoms. The van der Waals surface area contributed by atoms with Crippen LogP contribution in [0.5, 0.6) is 5.75 Å². The number of aromatic nitrogens is 3. The molecule has 4 rings (SSSR count). The van der Waals surface area contributed by atoms with E-state index >= 15 is 0 Å². The summed E-state index contributed by atoms with van der Waals surface area (Å²) in [7, 11) is 1.68. The Labute approximate surface area is 173 Å². The molecular formula is C22H21N5OS. The summed E-state index contributed by atoms with van der Waals surface area (Å²) < 4.78 is 5.26. The highest BCUT2D eigenvalue weighted by molar-refractivity contribution is 7.13. The van der Waals surface area contributed by atoms with E-state index in [0.717, 1.165) is 46.7 Å². The van der Waals surface area contributed by atoms with Crippen LogP contribution in [0.15, 0.2) is 72.4 Å². The predicted molar refractivity (Wildman–Crippen MR) is 116 cm³/mol. The molecule has 0 unspecified atom stereocenters. The number of ether oxygens (including phenoxy) is 1. The molecule has 3 aromatic heterocycles. The minimum atomic E-state index is 0.738. The lowest BCUT2D eigenvalue weighted by molar-refractivity contribution is 0.414. The van der Waals surface area contributed by atoms with E-state index in [1.54, 1.807) is 24.6 Å². The second-order valence-electron chi connectivity index (χ2n) is 6.38. The molecule has 146 valence electrons. The van der Waals surface area contributed by atoms with Crippen LogP contribution in [0.1, 0.15) is 11.1 Å². The van der Waals surface area contributed by atoms with E-state index < -0.39 is 0 Å². The standard InChI is InChI=1S/C22H21N5OS/c1-28-18-5-2-4-16(12-18)13-23-14-17-8-9-20(25-15-17)27-21-7-3-6-19(26-21)22-24-10-11-29-22/h2-12,15,23H,13-14H2,1H3,(H,25,26,27). The first-order chi connectivity index (χ1) is 14.3. The van der Waals surface area contributed by atoms with Gasteiger partial charge in [0, 0.05) is 30.9 Å². The molecule has 0 bridgehead atoms. The SMILES string of the molecule is COc1cccc(CNCc2ccc(Nc3cccc(-c4nccs4)n3)nc2)c1. The predicted octanol–water partition coefficient (Wildman–Crippen LogP) is 4.64. The molecule has 1 aromatic carbocycles. The Morgan fingerprint density at radius 2 is 1.83 bits per heavy atom. The fourth-order valence-corrected chi connectivity index (χ4v) is 3.45. The molecule has 4 aromatic rings. The zero-order valence-corrected chi connectivity index (χ0v) is 16.8. The minimum absolute atomic E-state index is 0.738. The average molecular weight is 404 g/mol. The molecule has 2 N–H and O–H groups in total. The third kappa shape index (κ3) is 5.16. The number of benzene rings is 1. The zero-order chi connectivity index (χ0) is 19.9. The average Bonchev–Trinajstić information content (AvgIpc) is 3.30. The van der Waals surface area contributed by atoms with Gasteiger partial charge in [-0.1, -0.05) is 24.3 Å².